The van der Waals surface area contributed by atoms with Gasteiger partial charge in [-0.2, -0.15) is 16.9 Å². The van der Waals surface area contributed by atoms with Crippen LogP contribution in [0, 0.1) is 0 Å². The largest absolute Gasteiger partial charge is 0.323 e. The molecule has 0 saturated carbocycles. The van der Waals surface area contributed by atoms with Crippen molar-refractivity contribution in [1.29, 1.82) is 0 Å². The molecule has 1 heterocycles. The highest BCUT2D eigenvalue weighted by Crippen LogP contribution is 2.19. The number of nitrogens with two attached hydrogens (primary N) is 1. The van der Waals surface area contributed by atoms with Crippen molar-refractivity contribution < 1.29 is 0 Å². The van der Waals surface area contributed by atoms with Gasteiger partial charge in [0.1, 0.15) is 0 Å². The summed E-state index contributed by atoms with van der Waals surface area (Å²) in [7, 11) is 0. The summed E-state index contributed by atoms with van der Waals surface area (Å²) in [5.41, 5.74) is 8.33. The lowest BCUT2D eigenvalue weighted by molar-refractivity contribution is 0.644. The molecule has 0 saturated heterocycles. The second-order valence-electron chi connectivity index (χ2n) is 3.89. The molecule has 2 N–H and O–H groups in total. The normalized spacial score (nSPS) is 12.6. The molecule has 1 aromatic heterocycles. The van der Waals surface area contributed by atoms with E-state index in [1.807, 2.05) is 52.8 Å². The van der Waals surface area contributed by atoms with Gasteiger partial charge < -0.3 is 5.73 Å². The summed E-state index contributed by atoms with van der Waals surface area (Å²) in [4.78, 5) is 0. The minimum absolute atomic E-state index is 0.0464. The van der Waals surface area contributed by atoms with Crippen molar-refractivity contribution in [3.05, 3.63) is 48.3 Å². The van der Waals surface area contributed by atoms with E-state index in [4.69, 9.17) is 5.73 Å². The quantitative estimate of drug-likeness (QED) is 0.883. The molecule has 1 atom stereocenters. The molecule has 0 spiro atoms. The van der Waals surface area contributed by atoms with Gasteiger partial charge in [-0.15, -0.1) is 0 Å². The van der Waals surface area contributed by atoms with Crippen LogP contribution < -0.4 is 5.73 Å². The number of thioether (sulfide) groups is 1. The van der Waals surface area contributed by atoms with Gasteiger partial charge in [-0.1, -0.05) is 18.2 Å². The maximum absolute atomic E-state index is 6.19. The molecule has 0 fully saturated rings. The van der Waals surface area contributed by atoms with Gasteiger partial charge in [-0.3, -0.25) is 0 Å². The van der Waals surface area contributed by atoms with E-state index in [0.29, 0.717) is 0 Å². The van der Waals surface area contributed by atoms with Crippen LogP contribution in [-0.2, 0) is 0 Å². The molecule has 0 radical (unpaired) electrons. The predicted molar refractivity (Wildman–Crippen MR) is 73.5 cm³/mol. The van der Waals surface area contributed by atoms with Crippen LogP contribution in [0.2, 0.25) is 0 Å². The highest BCUT2D eigenvalue weighted by molar-refractivity contribution is 7.98. The van der Waals surface area contributed by atoms with Crippen LogP contribution in [0.25, 0.3) is 5.69 Å². The Balaban J connectivity index is 2.23. The van der Waals surface area contributed by atoms with Crippen LogP contribution in [0.4, 0.5) is 0 Å². The molecule has 2 rings (SSSR count). The van der Waals surface area contributed by atoms with Gasteiger partial charge in [0.2, 0.25) is 0 Å². The molecule has 90 valence electrons. The zero-order chi connectivity index (χ0) is 12.1. The van der Waals surface area contributed by atoms with Gasteiger partial charge >= 0.3 is 0 Å². The average Bonchev–Trinajstić information content (AvgIpc) is 2.86. The number of hydrogen-bond acceptors (Lipinski definition) is 3. The topological polar surface area (TPSA) is 43.8 Å². The fourth-order valence-corrected chi connectivity index (χ4v) is 2.26. The lowest BCUT2D eigenvalue weighted by Crippen LogP contribution is -2.16. The van der Waals surface area contributed by atoms with Crippen molar-refractivity contribution in [2.75, 3.05) is 12.0 Å². The summed E-state index contributed by atoms with van der Waals surface area (Å²) in [6.07, 6.45) is 4.88. The SMILES string of the molecule is CSCCC(N)c1ccnn1-c1ccccc1. The summed E-state index contributed by atoms with van der Waals surface area (Å²) >= 11 is 1.82. The number of para-hydroxylation sites is 1. The minimum atomic E-state index is 0.0464. The fraction of sp³-hybridized carbons (Fsp3) is 0.308. The number of aromatic nitrogens is 2. The molecule has 3 nitrogen and oxygen atoms in total. The highest BCUT2D eigenvalue weighted by atomic mass is 32.2. The average molecular weight is 247 g/mol. The van der Waals surface area contributed by atoms with Crippen LogP contribution in [0.1, 0.15) is 18.2 Å². The van der Waals surface area contributed by atoms with Gasteiger partial charge in [-0.25, -0.2) is 4.68 Å². The van der Waals surface area contributed by atoms with E-state index in [0.717, 1.165) is 23.6 Å². The Morgan fingerprint density at radius 1 is 1.29 bits per heavy atom. The number of hydrogen-bond donors (Lipinski definition) is 1. The number of nitrogens with zero attached hydrogens (tertiary/aromatic N) is 2. The van der Waals surface area contributed by atoms with Crippen LogP contribution >= 0.6 is 11.8 Å². The molecule has 0 aliphatic carbocycles. The Morgan fingerprint density at radius 3 is 2.76 bits per heavy atom. The van der Waals surface area contributed by atoms with E-state index in [1.165, 1.54) is 0 Å². The third-order valence-corrected chi connectivity index (χ3v) is 3.33. The first-order chi connectivity index (χ1) is 8.33. The van der Waals surface area contributed by atoms with Crippen molar-refractivity contribution >= 4 is 11.8 Å². The molecule has 0 aliphatic heterocycles. The smallest absolute Gasteiger partial charge is 0.0649 e. The number of rotatable bonds is 5. The predicted octanol–water partition coefficient (Wildman–Crippen LogP) is 2.63. The van der Waals surface area contributed by atoms with Crippen molar-refractivity contribution in [2.24, 2.45) is 5.73 Å². The standard InChI is InChI=1S/C13H17N3S/c1-17-10-8-12(14)13-7-9-15-16(13)11-5-3-2-4-6-11/h2-7,9,12H,8,10,14H2,1H3. The Kier molecular flexibility index (Phi) is 4.23. The summed E-state index contributed by atoms with van der Waals surface area (Å²) in [5.74, 6) is 1.07. The summed E-state index contributed by atoms with van der Waals surface area (Å²) in [5, 5.41) is 4.35. The van der Waals surface area contributed by atoms with E-state index < -0.39 is 0 Å². The Morgan fingerprint density at radius 2 is 2.06 bits per heavy atom. The molecular weight excluding hydrogens is 230 g/mol. The van der Waals surface area contributed by atoms with Crippen LogP contribution in [0.3, 0.4) is 0 Å². The van der Waals surface area contributed by atoms with E-state index in [1.54, 1.807) is 6.20 Å². The van der Waals surface area contributed by atoms with E-state index in [9.17, 15) is 0 Å². The fourth-order valence-electron chi connectivity index (χ4n) is 1.77. The van der Waals surface area contributed by atoms with Crippen molar-refractivity contribution in [1.82, 2.24) is 9.78 Å². The van der Waals surface area contributed by atoms with E-state index in [-0.39, 0.29) is 6.04 Å². The third-order valence-electron chi connectivity index (χ3n) is 2.69. The molecule has 0 bridgehead atoms. The first kappa shape index (κ1) is 12.2. The molecule has 17 heavy (non-hydrogen) atoms. The van der Waals surface area contributed by atoms with Gasteiger partial charge in [-0.05, 0) is 36.6 Å². The van der Waals surface area contributed by atoms with Crippen LogP contribution in [0.15, 0.2) is 42.6 Å². The van der Waals surface area contributed by atoms with Gasteiger partial charge in [0.25, 0.3) is 0 Å². The second kappa shape index (κ2) is 5.89. The molecule has 1 unspecified atom stereocenters. The molecule has 2 aromatic rings. The van der Waals surface area contributed by atoms with Gasteiger partial charge in [0.05, 0.1) is 11.4 Å². The van der Waals surface area contributed by atoms with E-state index in [2.05, 4.69) is 11.4 Å². The first-order valence-electron chi connectivity index (χ1n) is 5.67. The lowest BCUT2D eigenvalue weighted by Gasteiger charge is -2.13. The van der Waals surface area contributed by atoms with Gasteiger partial charge in [0, 0.05) is 12.2 Å². The van der Waals surface area contributed by atoms with Gasteiger partial charge in [0.15, 0.2) is 0 Å². The zero-order valence-corrected chi connectivity index (χ0v) is 10.7. The summed E-state index contributed by atoms with van der Waals surface area (Å²) in [6.45, 7) is 0. The molecule has 0 aliphatic rings. The Hall–Kier alpha value is -1.26. The van der Waals surface area contributed by atoms with Crippen molar-refractivity contribution in [3.8, 4) is 5.69 Å². The summed E-state index contributed by atoms with van der Waals surface area (Å²) < 4.78 is 1.92. The molecular formula is C13H17N3S. The maximum Gasteiger partial charge on any atom is 0.0649 e. The third kappa shape index (κ3) is 2.90. The summed E-state index contributed by atoms with van der Waals surface area (Å²) in [6, 6.07) is 12.1. The first-order valence-corrected chi connectivity index (χ1v) is 7.06. The van der Waals surface area contributed by atoms with E-state index >= 15 is 0 Å². The Labute approximate surface area is 106 Å². The Bertz CT molecular complexity index is 453. The molecule has 0 amide bonds. The minimum Gasteiger partial charge on any atom is -0.323 e. The monoisotopic (exact) mass is 247 g/mol. The number of benzene rings is 1. The molecule has 1 aromatic carbocycles. The maximum atomic E-state index is 6.19. The van der Waals surface area contributed by atoms with Crippen LogP contribution in [0.5, 0.6) is 0 Å². The van der Waals surface area contributed by atoms with Crippen LogP contribution in [-0.4, -0.2) is 21.8 Å². The molecule has 4 heteroatoms. The van der Waals surface area contributed by atoms with Crippen molar-refractivity contribution in [2.45, 2.75) is 12.5 Å². The lowest BCUT2D eigenvalue weighted by atomic mass is 10.1. The highest BCUT2D eigenvalue weighted by Gasteiger charge is 2.12. The second-order valence-corrected chi connectivity index (χ2v) is 4.88. The zero-order valence-electron chi connectivity index (χ0n) is 9.91. The van der Waals surface area contributed by atoms with Crippen molar-refractivity contribution in [3.63, 3.8) is 0 Å².